The van der Waals surface area contributed by atoms with Crippen molar-refractivity contribution in [2.24, 2.45) is 0 Å². The second-order valence-corrected chi connectivity index (χ2v) is 10.7. The zero-order valence-electron chi connectivity index (χ0n) is 15.5. The van der Waals surface area contributed by atoms with Crippen LogP contribution in [0.2, 0.25) is 5.02 Å². The Hall–Kier alpha value is -1.41. The minimum absolute atomic E-state index is 0.0359. The van der Waals surface area contributed by atoms with Crippen LogP contribution in [0.3, 0.4) is 0 Å². The number of piperidine rings is 1. The summed E-state index contributed by atoms with van der Waals surface area (Å²) in [5.41, 5.74) is 0.378. The van der Waals surface area contributed by atoms with Gasteiger partial charge in [0.15, 0.2) is 0 Å². The quantitative estimate of drug-likeness (QED) is 0.672. The monoisotopic (exact) mass is 438 g/mol. The van der Waals surface area contributed by atoms with Crippen LogP contribution in [0.4, 0.5) is 0 Å². The fourth-order valence-corrected chi connectivity index (χ4v) is 6.29. The number of sulfonamides is 1. The number of carbonyl (C=O) groups is 1. The molecule has 2 fully saturated rings. The summed E-state index contributed by atoms with van der Waals surface area (Å²) >= 11 is 7.87. The van der Waals surface area contributed by atoms with E-state index in [0.29, 0.717) is 25.2 Å². The highest BCUT2D eigenvalue weighted by Gasteiger charge is 2.34. The van der Waals surface area contributed by atoms with Crippen LogP contribution in [0.1, 0.15) is 47.3 Å². The highest BCUT2D eigenvalue weighted by atomic mass is 35.5. The largest absolute Gasteiger partial charge is 0.331 e. The van der Waals surface area contributed by atoms with Crippen molar-refractivity contribution < 1.29 is 13.2 Å². The van der Waals surface area contributed by atoms with Crippen LogP contribution in [-0.4, -0.2) is 42.7 Å². The maximum atomic E-state index is 13.2. The van der Waals surface area contributed by atoms with Crippen LogP contribution < -0.4 is 0 Å². The van der Waals surface area contributed by atoms with E-state index in [4.69, 9.17) is 11.6 Å². The highest BCUT2D eigenvalue weighted by Crippen LogP contribution is 2.33. The van der Waals surface area contributed by atoms with Gasteiger partial charge in [0.2, 0.25) is 10.0 Å². The average Bonchev–Trinajstić information content (AvgIpc) is 3.42. The van der Waals surface area contributed by atoms with Crippen LogP contribution in [0.5, 0.6) is 0 Å². The van der Waals surface area contributed by atoms with Crippen molar-refractivity contribution in [1.29, 1.82) is 0 Å². The topological polar surface area (TPSA) is 57.7 Å². The van der Waals surface area contributed by atoms with Crippen LogP contribution in [0, 0.1) is 0 Å². The van der Waals surface area contributed by atoms with Gasteiger partial charge in [-0.2, -0.15) is 4.31 Å². The van der Waals surface area contributed by atoms with Gasteiger partial charge in [-0.3, -0.25) is 4.79 Å². The second kappa shape index (κ2) is 8.14. The number of rotatable bonds is 6. The molecule has 0 atom stereocenters. The molecule has 1 saturated heterocycles. The molecule has 0 N–H and O–H groups in total. The molecule has 2 aliphatic rings. The zero-order valence-corrected chi connectivity index (χ0v) is 17.9. The number of hydrogen-bond acceptors (Lipinski definition) is 4. The Morgan fingerprint density at radius 3 is 2.57 bits per heavy atom. The zero-order chi connectivity index (χ0) is 19.7. The first-order valence-corrected chi connectivity index (χ1v) is 12.3. The lowest BCUT2D eigenvalue weighted by molar-refractivity contribution is 0.0731. The fraction of sp³-hybridized carbons (Fsp3) is 0.450. The molecule has 0 bridgehead atoms. The summed E-state index contributed by atoms with van der Waals surface area (Å²) in [4.78, 5) is 16.2. The minimum atomic E-state index is -3.70. The van der Waals surface area contributed by atoms with E-state index in [1.54, 1.807) is 17.4 Å². The standard InChI is InChI=1S/C20H23ClN2O3S2/c21-18-9-6-15(13-19(18)28(25,26)22-10-2-1-3-11-22)20(24)23(16-7-8-16)14-17-5-4-12-27-17/h4-6,9,12-13,16H,1-3,7-8,10-11,14H2. The Kier molecular flexibility index (Phi) is 5.78. The third kappa shape index (κ3) is 4.13. The van der Waals surface area contributed by atoms with Crippen molar-refractivity contribution in [2.75, 3.05) is 13.1 Å². The Balaban J connectivity index is 1.63. The maximum Gasteiger partial charge on any atom is 0.254 e. The van der Waals surface area contributed by atoms with Crippen LogP contribution in [0.25, 0.3) is 0 Å². The lowest BCUT2D eigenvalue weighted by Gasteiger charge is -2.27. The van der Waals surface area contributed by atoms with Crippen molar-refractivity contribution in [3.05, 3.63) is 51.2 Å². The van der Waals surface area contributed by atoms with E-state index in [-0.39, 0.29) is 21.9 Å². The average molecular weight is 439 g/mol. The van der Waals surface area contributed by atoms with Crippen molar-refractivity contribution in [2.45, 2.75) is 49.6 Å². The molecule has 1 aromatic heterocycles. The maximum absolute atomic E-state index is 13.2. The molecule has 5 nitrogen and oxygen atoms in total. The molecule has 1 aromatic carbocycles. The number of nitrogens with zero attached hydrogens (tertiary/aromatic N) is 2. The minimum Gasteiger partial charge on any atom is -0.331 e. The van der Waals surface area contributed by atoms with E-state index in [0.717, 1.165) is 37.0 Å². The molecule has 28 heavy (non-hydrogen) atoms. The van der Waals surface area contributed by atoms with E-state index in [2.05, 4.69) is 0 Å². The molecular weight excluding hydrogens is 416 g/mol. The Morgan fingerprint density at radius 1 is 1.18 bits per heavy atom. The fourth-order valence-electron chi connectivity index (χ4n) is 3.57. The predicted molar refractivity (Wildman–Crippen MR) is 111 cm³/mol. The molecule has 150 valence electrons. The summed E-state index contributed by atoms with van der Waals surface area (Å²) in [7, 11) is -3.70. The highest BCUT2D eigenvalue weighted by molar-refractivity contribution is 7.89. The number of carbonyl (C=O) groups excluding carboxylic acids is 1. The Labute approximate surface area is 175 Å². The lowest BCUT2D eigenvalue weighted by Crippen LogP contribution is -2.36. The van der Waals surface area contributed by atoms with E-state index in [1.165, 1.54) is 16.4 Å². The van der Waals surface area contributed by atoms with Crippen LogP contribution in [-0.2, 0) is 16.6 Å². The van der Waals surface area contributed by atoms with Gasteiger partial charge < -0.3 is 4.90 Å². The second-order valence-electron chi connectivity index (χ2n) is 7.35. The third-order valence-corrected chi connectivity index (χ3v) is 8.51. The summed E-state index contributed by atoms with van der Waals surface area (Å²) < 4.78 is 27.6. The smallest absolute Gasteiger partial charge is 0.254 e. The number of amides is 1. The molecule has 4 rings (SSSR count). The normalized spacial score (nSPS) is 18.2. The van der Waals surface area contributed by atoms with Gasteiger partial charge >= 0.3 is 0 Å². The molecule has 0 spiro atoms. The molecule has 1 amide bonds. The molecule has 2 aromatic rings. The summed E-state index contributed by atoms with van der Waals surface area (Å²) in [5, 5.41) is 2.16. The molecule has 0 radical (unpaired) electrons. The van der Waals surface area contributed by atoms with Gasteiger partial charge in [0, 0.05) is 29.6 Å². The van der Waals surface area contributed by atoms with Gasteiger partial charge in [0.1, 0.15) is 4.90 Å². The van der Waals surface area contributed by atoms with Crippen molar-refractivity contribution in [1.82, 2.24) is 9.21 Å². The van der Waals surface area contributed by atoms with Gasteiger partial charge in [0.05, 0.1) is 11.6 Å². The lowest BCUT2D eigenvalue weighted by atomic mass is 10.2. The predicted octanol–water partition coefficient (Wildman–Crippen LogP) is 4.38. The molecule has 1 saturated carbocycles. The number of halogens is 1. The van der Waals surface area contributed by atoms with E-state index < -0.39 is 10.0 Å². The summed E-state index contributed by atoms with van der Waals surface area (Å²) in [5.74, 6) is -0.136. The van der Waals surface area contributed by atoms with Gasteiger partial charge in [0.25, 0.3) is 5.91 Å². The number of thiophene rings is 1. The number of hydrogen-bond donors (Lipinski definition) is 0. The molecule has 1 aliphatic heterocycles. The summed E-state index contributed by atoms with van der Waals surface area (Å²) in [6.07, 6.45) is 4.72. The van der Waals surface area contributed by atoms with E-state index in [1.807, 2.05) is 22.4 Å². The Morgan fingerprint density at radius 2 is 1.93 bits per heavy atom. The first-order chi connectivity index (χ1) is 13.5. The Bertz CT molecular complexity index is 950. The van der Waals surface area contributed by atoms with Gasteiger partial charge in [-0.15, -0.1) is 11.3 Å². The molecule has 8 heteroatoms. The molecule has 1 aliphatic carbocycles. The van der Waals surface area contributed by atoms with Crippen LogP contribution in [0.15, 0.2) is 40.6 Å². The molecule has 0 unspecified atom stereocenters. The van der Waals surface area contributed by atoms with Crippen molar-refractivity contribution in [3.8, 4) is 0 Å². The van der Waals surface area contributed by atoms with E-state index in [9.17, 15) is 13.2 Å². The van der Waals surface area contributed by atoms with Gasteiger partial charge in [-0.1, -0.05) is 24.1 Å². The van der Waals surface area contributed by atoms with Gasteiger partial charge in [-0.05, 0) is 55.3 Å². The first kappa shape index (κ1) is 19.9. The van der Waals surface area contributed by atoms with E-state index >= 15 is 0 Å². The summed E-state index contributed by atoms with van der Waals surface area (Å²) in [6, 6.07) is 8.83. The summed E-state index contributed by atoms with van der Waals surface area (Å²) in [6.45, 7) is 1.56. The van der Waals surface area contributed by atoms with Crippen molar-refractivity contribution in [3.63, 3.8) is 0 Å². The molecular formula is C20H23ClN2O3S2. The van der Waals surface area contributed by atoms with Crippen LogP contribution >= 0.6 is 22.9 Å². The third-order valence-electron chi connectivity index (χ3n) is 5.27. The first-order valence-electron chi connectivity index (χ1n) is 9.60. The number of benzene rings is 1. The van der Waals surface area contributed by atoms with Gasteiger partial charge in [-0.25, -0.2) is 8.42 Å². The SMILES string of the molecule is O=C(c1ccc(Cl)c(S(=O)(=O)N2CCCCC2)c1)N(Cc1cccs1)C1CC1. The van der Waals surface area contributed by atoms with Crippen molar-refractivity contribution >= 4 is 38.9 Å². The molecule has 2 heterocycles.